The van der Waals surface area contributed by atoms with Gasteiger partial charge in [0.2, 0.25) is 0 Å². The highest BCUT2D eigenvalue weighted by atomic mass is 32.1. The summed E-state index contributed by atoms with van der Waals surface area (Å²) in [7, 11) is 0. The largest absolute Gasteiger partial charge is 0.369 e. The molecule has 0 saturated heterocycles. The Labute approximate surface area is 145 Å². The van der Waals surface area contributed by atoms with Crippen molar-refractivity contribution in [2.24, 2.45) is 0 Å². The van der Waals surface area contributed by atoms with Crippen LogP contribution in [0.5, 0.6) is 0 Å². The highest BCUT2D eigenvalue weighted by Gasteiger charge is 2.18. The van der Waals surface area contributed by atoms with Gasteiger partial charge in [-0.3, -0.25) is 0 Å². The number of hydrogen-bond acceptors (Lipinski definition) is 6. The summed E-state index contributed by atoms with van der Waals surface area (Å²) in [6, 6.07) is 5.26. The molecule has 126 valence electrons. The molecule has 0 aliphatic heterocycles. The molecule has 8 heteroatoms. The Kier molecular flexibility index (Phi) is 4.10. The lowest BCUT2D eigenvalue weighted by Gasteiger charge is -2.06. The molecular formula is C17H12F2N4OS. The van der Waals surface area contributed by atoms with Crippen molar-refractivity contribution in [3.63, 3.8) is 0 Å². The third-order valence-electron chi connectivity index (χ3n) is 3.69. The van der Waals surface area contributed by atoms with E-state index in [2.05, 4.69) is 31.9 Å². The van der Waals surface area contributed by atoms with Crippen LogP contribution in [0, 0.1) is 11.6 Å². The summed E-state index contributed by atoms with van der Waals surface area (Å²) in [6.45, 7) is 0.644. The van der Waals surface area contributed by atoms with Crippen molar-refractivity contribution in [2.45, 2.75) is 6.42 Å². The number of hydrogen-bond donors (Lipinski definition) is 1. The van der Waals surface area contributed by atoms with E-state index in [1.165, 1.54) is 24.0 Å². The first-order chi connectivity index (χ1) is 12.2. The van der Waals surface area contributed by atoms with Gasteiger partial charge in [0.05, 0.1) is 0 Å². The van der Waals surface area contributed by atoms with Crippen LogP contribution in [-0.4, -0.2) is 21.7 Å². The van der Waals surface area contributed by atoms with Crippen molar-refractivity contribution < 1.29 is 13.3 Å². The van der Waals surface area contributed by atoms with Crippen molar-refractivity contribution in [1.82, 2.24) is 15.1 Å². The molecule has 0 aliphatic rings. The molecule has 0 radical (unpaired) electrons. The van der Waals surface area contributed by atoms with E-state index in [9.17, 15) is 8.78 Å². The Hall–Kier alpha value is -2.87. The van der Waals surface area contributed by atoms with E-state index in [0.29, 0.717) is 23.4 Å². The van der Waals surface area contributed by atoms with Crippen molar-refractivity contribution >= 4 is 28.3 Å². The van der Waals surface area contributed by atoms with Crippen LogP contribution in [0.2, 0.25) is 0 Å². The molecule has 0 atom stereocenters. The van der Waals surface area contributed by atoms with Gasteiger partial charge in [-0.1, -0.05) is 5.16 Å². The summed E-state index contributed by atoms with van der Waals surface area (Å²) < 4.78 is 32.3. The van der Waals surface area contributed by atoms with Gasteiger partial charge in [-0.05, 0) is 40.9 Å². The maximum absolute atomic E-state index is 13.5. The average molecular weight is 358 g/mol. The average Bonchev–Trinajstić information content (AvgIpc) is 3.23. The van der Waals surface area contributed by atoms with Crippen LogP contribution in [0.1, 0.15) is 5.56 Å². The van der Waals surface area contributed by atoms with Crippen LogP contribution in [0.3, 0.4) is 0 Å². The van der Waals surface area contributed by atoms with Gasteiger partial charge in [0.1, 0.15) is 34.9 Å². The van der Waals surface area contributed by atoms with E-state index in [-0.39, 0.29) is 11.3 Å². The zero-order valence-electron chi connectivity index (χ0n) is 12.9. The Morgan fingerprint density at radius 1 is 1.12 bits per heavy atom. The number of rotatable bonds is 5. The minimum atomic E-state index is -0.685. The van der Waals surface area contributed by atoms with Crippen molar-refractivity contribution in [3.8, 4) is 11.3 Å². The van der Waals surface area contributed by atoms with Gasteiger partial charge in [-0.15, -0.1) is 0 Å². The van der Waals surface area contributed by atoms with Crippen molar-refractivity contribution in [3.05, 3.63) is 58.6 Å². The number of nitrogens with one attached hydrogen (secondary N) is 1. The smallest absolute Gasteiger partial charge is 0.263 e. The van der Waals surface area contributed by atoms with Gasteiger partial charge in [0.15, 0.2) is 0 Å². The second-order valence-electron chi connectivity index (χ2n) is 5.40. The number of anilines is 1. The Balaban J connectivity index is 1.69. The molecule has 1 N–H and O–H groups in total. The van der Waals surface area contributed by atoms with Gasteiger partial charge in [0.25, 0.3) is 5.71 Å². The summed E-state index contributed by atoms with van der Waals surface area (Å²) >= 11 is 1.64. The lowest BCUT2D eigenvalue weighted by Crippen LogP contribution is -2.06. The molecular weight excluding hydrogens is 346 g/mol. The Morgan fingerprint density at radius 2 is 1.96 bits per heavy atom. The monoisotopic (exact) mass is 358 g/mol. The van der Waals surface area contributed by atoms with Gasteiger partial charge in [-0.2, -0.15) is 16.3 Å². The molecule has 0 saturated carbocycles. The highest BCUT2D eigenvalue weighted by molar-refractivity contribution is 7.07. The molecule has 4 aromatic rings. The van der Waals surface area contributed by atoms with E-state index in [1.807, 2.05) is 5.38 Å². The quantitative estimate of drug-likeness (QED) is 0.577. The normalized spacial score (nSPS) is 11.1. The Morgan fingerprint density at radius 3 is 2.72 bits per heavy atom. The molecule has 0 amide bonds. The number of fused-ring (bicyclic) bond motifs is 1. The number of aromatic nitrogens is 3. The molecule has 0 bridgehead atoms. The SMILES string of the molecule is Fc1cc(F)cc(-c2noc3ncnc(NCCc4ccsc4)c23)c1. The molecule has 0 spiro atoms. The summed E-state index contributed by atoms with van der Waals surface area (Å²) in [6.07, 6.45) is 2.18. The van der Waals surface area contributed by atoms with E-state index in [1.54, 1.807) is 11.3 Å². The second kappa shape index (κ2) is 6.56. The first-order valence-electron chi connectivity index (χ1n) is 7.52. The fraction of sp³-hybridized carbons (Fsp3) is 0.118. The first-order valence-corrected chi connectivity index (χ1v) is 8.47. The topological polar surface area (TPSA) is 63.8 Å². The van der Waals surface area contributed by atoms with Crippen LogP contribution in [0.25, 0.3) is 22.4 Å². The molecule has 4 rings (SSSR count). The molecule has 25 heavy (non-hydrogen) atoms. The summed E-state index contributed by atoms with van der Waals surface area (Å²) in [5, 5.41) is 11.7. The molecule has 3 aromatic heterocycles. The number of nitrogens with zero attached hydrogens (tertiary/aromatic N) is 3. The summed E-state index contributed by atoms with van der Waals surface area (Å²) in [4.78, 5) is 8.25. The number of benzene rings is 1. The summed E-state index contributed by atoms with van der Waals surface area (Å²) in [5.41, 5.74) is 2.05. The maximum Gasteiger partial charge on any atom is 0.263 e. The van der Waals surface area contributed by atoms with E-state index >= 15 is 0 Å². The van der Waals surface area contributed by atoms with Crippen molar-refractivity contribution in [1.29, 1.82) is 0 Å². The number of thiophene rings is 1. The fourth-order valence-corrected chi connectivity index (χ4v) is 3.27. The van der Waals surface area contributed by atoms with Crippen LogP contribution in [0.4, 0.5) is 14.6 Å². The molecule has 0 fully saturated rings. The zero-order chi connectivity index (χ0) is 17.2. The minimum absolute atomic E-state index is 0.257. The standard InChI is InChI=1S/C17H12F2N4OS/c18-12-5-11(6-13(19)7-12)15-14-16(21-9-22-17(14)24-23-15)20-3-1-10-2-4-25-8-10/h2,4-9H,1,3H2,(H,20,21,22). The van der Waals surface area contributed by atoms with Gasteiger partial charge in [-0.25, -0.2) is 13.8 Å². The minimum Gasteiger partial charge on any atom is -0.369 e. The van der Waals surface area contributed by atoms with Crippen LogP contribution in [0.15, 0.2) is 45.9 Å². The van der Waals surface area contributed by atoms with Gasteiger partial charge < -0.3 is 9.84 Å². The molecule has 0 aliphatic carbocycles. The first kappa shape index (κ1) is 15.6. The Bertz CT molecular complexity index is 997. The molecule has 0 unspecified atom stereocenters. The van der Waals surface area contributed by atoms with E-state index in [0.717, 1.165) is 12.5 Å². The molecule has 5 nitrogen and oxygen atoms in total. The third kappa shape index (κ3) is 3.20. The van der Waals surface area contributed by atoms with Crippen LogP contribution in [-0.2, 0) is 6.42 Å². The van der Waals surface area contributed by atoms with Gasteiger partial charge in [0, 0.05) is 18.2 Å². The molecule has 3 heterocycles. The van der Waals surface area contributed by atoms with Crippen LogP contribution >= 0.6 is 11.3 Å². The van der Waals surface area contributed by atoms with E-state index in [4.69, 9.17) is 4.52 Å². The maximum atomic E-state index is 13.5. The lowest BCUT2D eigenvalue weighted by atomic mass is 10.1. The summed E-state index contributed by atoms with van der Waals surface area (Å²) in [5.74, 6) is -0.855. The predicted octanol–water partition coefficient (Wildman–Crippen LogP) is 4.28. The molecule has 1 aromatic carbocycles. The van der Waals surface area contributed by atoms with Crippen LogP contribution < -0.4 is 5.32 Å². The lowest BCUT2D eigenvalue weighted by molar-refractivity contribution is 0.451. The predicted molar refractivity (Wildman–Crippen MR) is 91.5 cm³/mol. The second-order valence-corrected chi connectivity index (χ2v) is 6.18. The third-order valence-corrected chi connectivity index (χ3v) is 4.43. The van der Waals surface area contributed by atoms with Gasteiger partial charge >= 0.3 is 0 Å². The fourth-order valence-electron chi connectivity index (χ4n) is 2.57. The number of halogens is 2. The van der Waals surface area contributed by atoms with E-state index < -0.39 is 11.6 Å². The van der Waals surface area contributed by atoms with Crippen molar-refractivity contribution in [2.75, 3.05) is 11.9 Å². The highest BCUT2D eigenvalue weighted by Crippen LogP contribution is 2.32. The zero-order valence-corrected chi connectivity index (χ0v) is 13.7.